The Hall–Kier alpha value is -1.30. The molecular weight excluding hydrogens is 644 g/mol. The molecule has 0 unspecified atom stereocenters. The van der Waals surface area contributed by atoms with Gasteiger partial charge in [0.25, 0.3) is 0 Å². The molecule has 0 radical (unpaired) electrons. The number of hydrogen-bond donors (Lipinski definition) is 0. The molecule has 16 heteroatoms. The van der Waals surface area contributed by atoms with Gasteiger partial charge in [0, 0.05) is 18.1 Å². The Kier molecular flexibility index (Phi) is 23.8. The van der Waals surface area contributed by atoms with Crippen LogP contribution in [0.5, 0.6) is 0 Å². The van der Waals surface area contributed by atoms with Crippen LogP contribution >= 0.6 is 0 Å². The van der Waals surface area contributed by atoms with Gasteiger partial charge in [-0.3, -0.25) is 0 Å². The summed E-state index contributed by atoms with van der Waals surface area (Å²) in [7, 11) is -7.78. The Morgan fingerprint density at radius 3 is 1.30 bits per heavy atom. The molecule has 0 aliphatic rings. The predicted octanol–water partition coefficient (Wildman–Crippen LogP) is 5.84. The van der Waals surface area contributed by atoms with Gasteiger partial charge in [0.1, 0.15) is 6.54 Å². The van der Waals surface area contributed by atoms with Crippen molar-refractivity contribution in [3.8, 4) is 0 Å². The number of benzene rings is 1. The molecule has 1 rings (SSSR count). The molecule has 0 saturated heterocycles. The van der Waals surface area contributed by atoms with Crippen LogP contribution in [0.1, 0.15) is 78.2 Å². The minimum Gasteiger partial charge on any atom is -0.748 e. The van der Waals surface area contributed by atoms with Crippen molar-refractivity contribution in [1.82, 2.24) is 0 Å². The van der Waals surface area contributed by atoms with E-state index in [2.05, 4.69) is 79.2 Å². The van der Waals surface area contributed by atoms with Gasteiger partial charge in [-0.05, 0) is 25.7 Å². The summed E-state index contributed by atoms with van der Waals surface area (Å²) in [6, 6.07) is 10.6. The molecule has 0 heterocycles. The summed E-state index contributed by atoms with van der Waals surface area (Å²) in [6.07, 6.45) is 10.5. The van der Waals surface area contributed by atoms with Gasteiger partial charge in [0.2, 0.25) is 0 Å². The van der Waals surface area contributed by atoms with E-state index < -0.39 is 35.7 Å². The van der Waals surface area contributed by atoms with E-state index in [0.717, 1.165) is 11.0 Å². The first-order valence-corrected chi connectivity index (χ1v) is 19.7. The Balaban J connectivity index is -0.000000539. The van der Waals surface area contributed by atoms with E-state index in [4.69, 9.17) is 13.0 Å². The van der Waals surface area contributed by atoms with Crippen LogP contribution in [0.4, 0.5) is 13.2 Å². The average Bonchev–Trinajstić information content (AvgIpc) is 2.82. The van der Waals surface area contributed by atoms with E-state index in [9.17, 15) is 30.0 Å². The van der Waals surface area contributed by atoms with Crippen molar-refractivity contribution in [1.29, 1.82) is 0 Å². The summed E-state index contributed by atoms with van der Waals surface area (Å²) in [5.41, 5.74) is -4.27. The van der Waals surface area contributed by atoms with Gasteiger partial charge in [0.05, 0.1) is 67.5 Å². The third kappa shape index (κ3) is 30.7. The summed E-state index contributed by atoms with van der Waals surface area (Å²) in [4.78, 5) is 0. The van der Waals surface area contributed by atoms with Gasteiger partial charge < -0.3 is 17.6 Å². The molecule has 0 fully saturated rings. The standard InChI is InChI=1S/C15H34N.C10H16N.C2H3F3NO4S2.CH4O3S/c1-5-9-13-16(12-8-4,14-10-6-2)15-11-7-3;1-11(2,3)9-10-7-5-4-6-8-10;1-11(7,8)6-12(9,10)2(3,4)5;1-5(2,3)4/h5-15H2,1-4H3;4-8H,9H2,1-3H3;1H3;1H3,(H,2,3,4)/q2*+1;-1;/p-1. The van der Waals surface area contributed by atoms with E-state index in [-0.39, 0.29) is 6.26 Å². The predicted molar refractivity (Wildman–Crippen MR) is 172 cm³/mol. The molecule has 1 aromatic carbocycles. The molecule has 0 aromatic heterocycles. The number of unbranched alkanes of at least 4 members (excludes halogenated alkanes) is 3. The highest BCUT2D eigenvalue weighted by Crippen LogP contribution is 2.29. The van der Waals surface area contributed by atoms with Crippen LogP contribution in [-0.2, 0) is 36.7 Å². The lowest BCUT2D eigenvalue weighted by atomic mass is 10.1. The zero-order valence-electron chi connectivity index (χ0n) is 27.9. The van der Waals surface area contributed by atoms with Crippen molar-refractivity contribution in [3.05, 3.63) is 40.0 Å². The van der Waals surface area contributed by atoms with Crippen molar-refractivity contribution in [3.63, 3.8) is 0 Å². The summed E-state index contributed by atoms with van der Waals surface area (Å²) in [6.45, 7) is 16.1. The molecule has 0 amide bonds. The minimum absolute atomic E-state index is 0.246. The number of nitrogens with zero attached hydrogens (tertiary/aromatic N) is 3. The van der Waals surface area contributed by atoms with Crippen molar-refractivity contribution in [2.24, 2.45) is 0 Å². The van der Waals surface area contributed by atoms with Gasteiger partial charge in [-0.15, -0.1) is 0 Å². The maximum atomic E-state index is 11.4. The number of quaternary nitrogens is 2. The topological polar surface area (TPSA) is 140 Å². The lowest BCUT2D eigenvalue weighted by Crippen LogP contribution is -2.50. The molecule has 0 aliphatic heterocycles. The Morgan fingerprint density at radius 2 is 1.07 bits per heavy atom. The zero-order chi connectivity index (χ0) is 35.3. The summed E-state index contributed by atoms with van der Waals surface area (Å²) in [5.74, 6) is 0. The lowest BCUT2D eigenvalue weighted by Gasteiger charge is -2.39. The largest absolute Gasteiger partial charge is 0.748 e. The average molecular weight is 700 g/mol. The van der Waals surface area contributed by atoms with Gasteiger partial charge in [0.15, 0.2) is 10.0 Å². The summed E-state index contributed by atoms with van der Waals surface area (Å²) >= 11 is 0. The highest BCUT2D eigenvalue weighted by Gasteiger charge is 2.40. The van der Waals surface area contributed by atoms with Gasteiger partial charge in [-0.1, -0.05) is 77.3 Å². The van der Waals surface area contributed by atoms with Crippen LogP contribution in [0.2, 0.25) is 0 Å². The zero-order valence-corrected chi connectivity index (χ0v) is 30.4. The Bertz CT molecular complexity index is 1160. The Morgan fingerprint density at radius 1 is 0.705 bits per heavy atom. The Labute approximate surface area is 266 Å². The highest BCUT2D eigenvalue weighted by atomic mass is 32.3. The second kappa shape index (κ2) is 22.3. The molecule has 0 saturated carbocycles. The third-order valence-corrected chi connectivity index (χ3v) is 8.13. The monoisotopic (exact) mass is 699 g/mol. The highest BCUT2D eigenvalue weighted by molar-refractivity contribution is 8.12. The van der Waals surface area contributed by atoms with E-state index in [1.54, 1.807) is 4.13 Å². The van der Waals surface area contributed by atoms with E-state index >= 15 is 0 Å². The molecule has 264 valence electrons. The van der Waals surface area contributed by atoms with Crippen molar-refractivity contribution < 1.29 is 51.9 Å². The SMILES string of the molecule is CCCC[N+](CCC)(CCCC)CCCC.CS(=O)(=O)[N-]S(=O)(=O)C(F)(F)F.CS(=O)(=O)[O-].C[N+](C)(C)Cc1ccccc1. The van der Waals surface area contributed by atoms with Gasteiger partial charge in [-0.2, -0.15) is 13.2 Å². The van der Waals surface area contributed by atoms with Crippen molar-refractivity contribution in [2.75, 3.05) is 59.8 Å². The molecular formula is C28H56F3N3O7S3. The molecule has 0 bridgehead atoms. The quantitative estimate of drug-likeness (QED) is 0.166. The first-order chi connectivity index (χ1) is 19.8. The molecule has 0 N–H and O–H groups in total. The normalized spacial score (nSPS) is 12.6. The lowest BCUT2D eigenvalue weighted by molar-refractivity contribution is -0.928. The fraction of sp³-hybridized carbons (Fsp3) is 0.786. The van der Waals surface area contributed by atoms with Gasteiger partial charge in [-0.25, -0.2) is 25.3 Å². The molecule has 10 nitrogen and oxygen atoms in total. The second-order valence-corrected chi connectivity index (χ2v) is 16.5. The first-order valence-electron chi connectivity index (χ1n) is 14.6. The first kappa shape index (κ1) is 47.1. The molecule has 0 aliphatic carbocycles. The molecule has 0 atom stereocenters. The van der Waals surface area contributed by atoms with E-state index in [1.807, 2.05) is 0 Å². The number of rotatable bonds is 15. The smallest absolute Gasteiger partial charge is 0.480 e. The van der Waals surface area contributed by atoms with Crippen LogP contribution in [0.3, 0.4) is 0 Å². The third-order valence-electron chi connectivity index (χ3n) is 5.68. The fourth-order valence-electron chi connectivity index (χ4n) is 3.98. The van der Waals surface area contributed by atoms with Crippen LogP contribution in [0, 0.1) is 0 Å². The number of hydrogen-bond acceptors (Lipinski definition) is 7. The van der Waals surface area contributed by atoms with Crippen LogP contribution in [0.25, 0.3) is 4.13 Å². The van der Waals surface area contributed by atoms with E-state index in [0.29, 0.717) is 6.26 Å². The van der Waals surface area contributed by atoms with Crippen LogP contribution in [-0.4, -0.2) is 104 Å². The number of sulfonamides is 2. The fourth-order valence-corrected chi connectivity index (χ4v) is 5.74. The molecule has 0 spiro atoms. The number of alkyl halides is 3. The molecule has 1 aromatic rings. The second-order valence-electron chi connectivity index (χ2n) is 11.7. The maximum Gasteiger partial charge on any atom is 0.480 e. The van der Waals surface area contributed by atoms with Gasteiger partial charge >= 0.3 is 5.51 Å². The number of halogens is 3. The van der Waals surface area contributed by atoms with Crippen molar-refractivity contribution in [2.45, 2.75) is 84.7 Å². The van der Waals surface area contributed by atoms with E-state index in [1.165, 1.54) is 81.2 Å². The van der Waals surface area contributed by atoms with Crippen LogP contribution < -0.4 is 0 Å². The maximum absolute atomic E-state index is 11.4. The van der Waals surface area contributed by atoms with Crippen molar-refractivity contribution >= 4 is 30.2 Å². The van der Waals surface area contributed by atoms with Crippen LogP contribution in [0.15, 0.2) is 30.3 Å². The summed E-state index contributed by atoms with van der Waals surface area (Å²) < 4.78 is 106. The summed E-state index contributed by atoms with van der Waals surface area (Å²) in [5, 5.41) is 0. The minimum atomic E-state index is -5.92. The molecule has 44 heavy (non-hydrogen) atoms.